The normalized spacial score (nSPS) is 13.1. The van der Waals surface area contributed by atoms with Crippen LogP contribution in [-0.4, -0.2) is 17.8 Å². The average molecular weight is 213 g/mol. The highest BCUT2D eigenvalue weighted by Gasteiger charge is 2.02. The van der Waals surface area contributed by atoms with Gasteiger partial charge in [-0.2, -0.15) is 0 Å². The van der Waals surface area contributed by atoms with E-state index >= 15 is 0 Å². The van der Waals surface area contributed by atoms with E-state index in [9.17, 15) is 0 Å². The van der Waals surface area contributed by atoms with E-state index in [1.165, 1.54) is 9.75 Å². The van der Waals surface area contributed by atoms with Gasteiger partial charge in [-0.25, -0.2) is 0 Å². The van der Waals surface area contributed by atoms with Crippen molar-refractivity contribution in [3.63, 3.8) is 0 Å². The summed E-state index contributed by atoms with van der Waals surface area (Å²) in [6.07, 6.45) is 1.95. The van der Waals surface area contributed by atoms with Crippen molar-refractivity contribution in [1.29, 1.82) is 0 Å². The van der Waals surface area contributed by atoms with Crippen molar-refractivity contribution < 1.29 is 5.11 Å². The Morgan fingerprint density at radius 1 is 1.43 bits per heavy atom. The molecule has 0 saturated heterocycles. The zero-order valence-corrected chi connectivity index (χ0v) is 9.73. The van der Waals surface area contributed by atoms with Crippen LogP contribution >= 0.6 is 11.3 Å². The van der Waals surface area contributed by atoms with Crippen molar-refractivity contribution in [1.82, 2.24) is 5.32 Å². The maximum absolute atomic E-state index is 8.74. The molecule has 0 radical (unpaired) electrons. The number of hydrogen-bond donors (Lipinski definition) is 2. The van der Waals surface area contributed by atoms with Crippen LogP contribution in [0.1, 0.15) is 30.0 Å². The Kier molecular flexibility index (Phi) is 5.15. The van der Waals surface area contributed by atoms with Crippen molar-refractivity contribution in [3.8, 4) is 0 Å². The molecule has 2 N–H and O–H groups in total. The Hall–Kier alpha value is -0.380. The van der Waals surface area contributed by atoms with Crippen LogP contribution in [0.3, 0.4) is 0 Å². The molecule has 80 valence electrons. The molecule has 0 aliphatic heterocycles. The van der Waals surface area contributed by atoms with Crippen molar-refractivity contribution in [2.45, 2.75) is 39.3 Å². The second kappa shape index (κ2) is 6.17. The molecule has 0 aromatic carbocycles. The third-order valence-electron chi connectivity index (χ3n) is 2.25. The van der Waals surface area contributed by atoms with E-state index in [1.807, 2.05) is 11.3 Å². The van der Waals surface area contributed by atoms with Crippen molar-refractivity contribution in [2.24, 2.45) is 0 Å². The Bertz CT molecular complexity index is 260. The summed E-state index contributed by atoms with van der Waals surface area (Å²) in [6.45, 7) is 5.46. The highest BCUT2D eigenvalue weighted by molar-refractivity contribution is 7.11. The number of rotatable bonds is 6. The van der Waals surface area contributed by atoms with Gasteiger partial charge in [-0.3, -0.25) is 0 Å². The molecule has 1 atom stereocenters. The maximum atomic E-state index is 8.74. The topological polar surface area (TPSA) is 32.3 Å². The molecule has 14 heavy (non-hydrogen) atoms. The fourth-order valence-electron chi connectivity index (χ4n) is 1.28. The summed E-state index contributed by atoms with van der Waals surface area (Å²) in [5, 5.41) is 12.1. The molecule has 0 bridgehead atoms. The van der Waals surface area contributed by atoms with E-state index in [4.69, 9.17) is 5.11 Å². The molecule has 0 amide bonds. The maximum Gasteiger partial charge on any atom is 0.0445 e. The van der Waals surface area contributed by atoms with Gasteiger partial charge in [0.2, 0.25) is 0 Å². The van der Waals surface area contributed by atoms with Gasteiger partial charge in [0.1, 0.15) is 0 Å². The minimum absolute atomic E-state index is 0.263. The van der Waals surface area contributed by atoms with Gasteiger partial charge in [0.05, 0.1) is 0 Å². The molecule has 1 unspecified atom stereocenters. The predicted octanol–water partition coefficient (Wildman–Crippen LogP) is 2.17. The van der Waals surface area contributed by atoms with Crippen LogP contribution < -0.4 is 5.32 Å². The van der Waals surface area contributed by atoms with Gasteiger partial charge >= 0.3 is 0 Å². The lowest BCUT2D eigenvalue weighted by molar-refractivity contribution is 0.269. The first-order valence-electron chi connectivity index (χ1n) is 5.18. The quantitative estimate of drug-likeness (QED) is 0.759. The Balaban J connectivity index is 2.30. The number of aliphatic hydroxyl groups is 1. The predicted molar refractivity (Wildman–Crippen MR) is 61.7 cm³/mol. The van der Waals surface area contributed by atoms with Crippen LogP contribution in [0.2, 0.25) is 0 Å². The van der Waals surface area contributed by atoms with Crippen LogP contribution in [0, 0.1) is 0 Å². The minimum atomic E-state index is 0.263. The van der Waals surface area contributed by atoms with Crippen LogP contribution in [0.25, 0.3) is 0 Å². The van der Waals surface area contributed by atoms with E-state index in [2.05, 4.69) is 31.3 Å². The smallest absolute Gasteiger partial charge is 0.0445 e. The molecule has 0 saturated carbocycles. The Morgan fingerprint density at radius 2 is 2.14 bits per heavy atom. The lowest BCUT2D eigenvalue weighted by Crippen LogP contribution is -2.25. The second-order valence-corrected chi connectivity index (χ2v) is 4.77. The van der Waals surface area contributed by atoms with Crippen LogP contribution in [0.15, 0.2) is 12.1 Å². The van der Waals surface area contributed by atoms with Gasteiger partial charge in [-0.05, 0) is 31.9 Å². The monoisotopic (exact) mass is 213 g/mol. The van der Waals surface area contributed by atoms with E-state index in [0.29, 0.717) is 6.04 Å². The number of aliphatic hydroxyl groups excluding tert-OH is 1. The summed E-state index contributed by atoms with van der Waals surface area (Å²) in [5.41, 5.74) is 0. The largest absolute Gasteiger partial charge is 0.396 e. The molecular formula is C11H19NOS. The lowest BCUT2D eigenvalue weighted by atomic mass is 10.2. The molecule has 1 aromatic heterocycles. The molecule has 0 aliphatic carbocycles. The van der Waals surface area contributed by atoms with Crippen LogP contribution in [0.5, 0.6) is 0 Å². The van der Waals surface area contributed by atoms with E-state index < -0.39 is 0 Å². The highest BCUT2D eigenvalue weighted by atomic mass is 32.1. The summed E-state index contributed by atoms with van der Waals surface area (Å²) in [5.74, 6) is 0. The van der Waals surface area contributed by atoms with Crippen molar-refractivity contribution >= 4 is 11.3 Å². The zero-order chi connectivity index (χ0) is 10.4. The zero-order valence-electron chi connectivity index (χ0n) is 8.92. The second-order valence-electron chi connectivity index (χ2n) is 3.52. The molecule has 1 rings (SSSR count). The number of hydrogen-bond acceptors (Lipinski definition) is 3. The Labute approximate surface area is 90.0 Å². The van der Waals surface area contributed by atoms with Gasteiger partial charge in [-0.15, -0.1) is 11.3 Å². The first-order chi connectivity index (χ1) is 6.76. The number of thiophene rings is 1. The molecule has 0 aliphatic rings. The average Bonchev–Trinajstić information content (AvgIpc) is 2.63. The molecule has 1 aromatic rings. The molecule has 0 spiro atoms. The SMILES string of the molecule is CCc1ccc(CNC(C)CCO)s1. The van der Waals surface area contributed by atoms with Gasteiger partial charge in [0, 0.05) is 28.9 Å². The lowest BCUT2D eigenvalue weighted by Gasteiger charge is -2.10. The summed E-state index contributed by atoms with van der Waals surface area (Å²) >= 11 is 1.87. The molecular weight excluding hydrogens is 194 g/mol. The number of nitrogens with one attached hydrogen (secondary N) is 1. The van der Waals surface area contributed by atoms with Gasteiger partial charge in [-0.1, -0.05) is 6.92 Å². The molecule has 1 heterocycles. The fraction of sp³-hybridized carbons (Fsp3) is 0.636. The summed E-state index contributed by atoms with van der Waals surface area (Å²) in [7, 11) is 0. The fourth-order valence-corrected chi connectivity index (χ4v) is 2.19. The third-order valence-corrected chi connectivity index (χ3v) is 3.48. The molecule has 3 heteroatoms. The van der Waals surface area contributed by atoms with E-state index in [-0.39, 0.29) is 6.61 Å². The minimum Gasteiger partial charge on any atom is -0.396 e. The third kappa shape index (κ3) is 3.78. The standard InChI is InChI=1S/C11H19NOS/c1-3-10-4-5-11(14-10)8-12-9(2)6-7-13/h4-5,9,12-13H,3,6-8H2,1-2H3. The first kappa shape index (κ1) is 11.7. The molecule has 0 fully saturated rings. The van der Waals surface area contributed by atoms with Crippen LogP contribution in [0.4, 0.5) is 0 Å². The van der Waals surface area contributed by atoms with Crippen molar-refractivity contribution in [3.05, 3.63) is 21.9 Å². The van der Waals surface area contributed by atoms with E-state index in [0.717, 1.165) is 19.4 Å². The van der Waals surface area contributed by atoms with Crippen LogP contribution in [-0.2, 0) is 13.0 Å². The first-order valence-corrected chi connectivity index (χ1v) is 5.99. The summed E-state index contributed by atoms with van der Waals surface area (Å²) in [6, 6.07) is 4.77. The van der Waals surface area contributed by atoms with Gasteiger partial charge in [0.15, 0.2) is 0 Å². The highest BCUT2D eigenvalue weighted by Crippen LogP contribution is 2.16. The molecule has 2 nitrogen and oxygen atoms in total. The van der Waals surface area contributed by atoms with Crippen molar-refractivity contribution in [2.75, 3.05) is 6.61 Å². The summed E-state index contributed by atoms with van der Waals surface area (Å²) < 4.78 is 0. The Morgan fingerprint density at radius 3 is 2.71 bits per heavy atom. The number of aryl methyl sites for hydroxylation is 1. The van der Waals surface area contributed by atoms with E-state index in [1.54, 1.807) is 0 Å². The van der Waals surface area contributed by atoms with Gasteiger partial charge < -0.3 is 10.4 Å². The summed E-state index contributed by atoms with van der Waals surface area (Å²) in [4.78, 5) is 2.82. The van der Waals surface area contributed by atoms with Gasteiger partial charge in [0.25, 0.3) is 0 Å².